The number of hydrogen-bond donors (Lipinski definition) is 2. The van der Waals surface area contributed by atoms with Crippen LogP contribution in [0.1, 0.15) is 13.3 Å². The molecule has 20 heavy (non-hydrogen) atoms. The van der Waals surface area contributed by atoms with E-state index in [1.807, 2.05) is 25.9 Å². The molecule has 1 aromatic rings. The van der Waals surface area contributed by atoms with Crippen LogP contribution in [0.2, 0.25) is 0 Å². The quantitative estimate of drug-likeness (QED) is 0.628. The van der Waals surface area contributed by atoms with Crippen molar-refractivity contribution in [1.82, 2.24) is 14.5 Å². The summed E-state index contributed by atoms with van der Waals surface area (Å²) in [6.07, 6.45) is 1.24. The van der Waals surface area contributed by atoms with E-state index in [4.69, 9.17) is 5.73 Å². The van der Waals surface area contributed by atoms with Gasteiger partial charge in [-0.15, -0.1) is 0 Å². The Labute approximate surface area is 116 Å². The topological polar surface area (TPSA) is 104 Å². The number of anilines is 2. The van der Waals surface area contributed by atoms with Crippen molar-refractivity contribution >= 4 is 17.9 Å². The number of carbonyl (C=O) groups excluding carboxylic acids is 1. The molecule has 1 amide bonds. The zero-order chi connectivity index (χ0) is 15.3. The smallest absolute Gasteiger partial charge is 0.330 e. The molecule has 0 aliphatic rings. The second-order valence-electron chi connectivity index (χ2n) is 4.75. The number of carbonyl (C=O) groups is 1. The average molecular weight is 283 g/mol. The Bertz CT molecular complexity index is 575. The highest BCUT2D eigenvalue weighted by atomic mass is 16.2. The molecule has 1 rings (SSSR count). The van der Waals surface area contributed by atoms with Crippen LogP contribution in [0.15, 0.2) is 9.59 Å². The summed E-state index contributed by atoms with van der Waals surface area (Å²) in [5.74, 6) is 0.0199. The van der Waals surface area contributed by atoms with E-state index in [-0.39, 0.29) is 11.5 Å². The fraction of sp³-hybridized carbons (Fsp3) is 0.583. The number of nitrogens with zero attached hydrogens (tertiary/aromatic N) is 3. The van der Waals surface area contributed by atoms with E-state index in [9.17, 15) is 14.4 Å². The predicted molar refractivity (Wildman–Crippen MR) is 78.0 cm³/mol. The summed E-state index contributed by atoms with van der Waals surface area (Å²) in [6, 6.07) is 0. The first-order valence-electron chi connectivity index (χ1n) is 6.41. The van der Waals surface area contributed by atoms with Gasteiger partial charge in [0.2, 0.25) is 6.41 Å². The van der Waals surface area contributed by atoms with E-state index in [0.717, 1.165) is 0 Å². The number of aromatic amines is 1. The molecular formula is C12H21N5O3. The van der Waals surface area contributed by atoms with E-state index >= 15 is 0 Å². The van der Waals surface area contributed by atoms with Gasteiger partial charge in [0.25, 0.3) is 5.56 Å². The van der Waals surface area contributed by atoms with Crippen LogP contribution in [0.3, 0.4) is 0 Å². The molecule has 0 aromatic carbocycles. The third-order valence-corrected chi connectivity index (χ3v) is 2.86. The van der Waals surface area contributed by atoms with Gasteiger partial charge in [-0.3, -0.25) is 19.1 Å². The van der Waals surface area contributed by atoms with Crippen molar-refractivity contribution in [2.75, 3.05) is 37.8 Å². The third-order valence-electron chi connectivity index (χ3n) is 2.86. The number of nitrogens with one attached hydrogen (secondary N) is 1. The number of aromatic nitrogens is 2. The van der Waals surface area contributed by atoms with Gasteiger partial charge in [-0.2, -0.15) is 0 Å². The molecule has 1 heterocycles. The van der Waals surface area contributed by atoms with E-state index in [1.165, 1.54) is 9.47 Å². The lowest BCUT2D eigenvalue weighted by Crippen LogP contribution is -2.40. The molecule has 0 radical (unpaired) electrons. The lowest BCUT2D eigenvalue weighted by Gasteiger charge is -2.21. The molecule has 0 saturated heterocycles. The van der Waals surface area contributed by atoms with Crippen LogP contribution < -0.4 is 21.9 Å². The highest BCUT2D eigenvalue weighted by molar-refractivity contribution is 5.80. The summed E-state index contributed by atoms with van der Waals surface area (Å²) in [4.78, 5) is 40.1. The molecule has 0 fully saturated rings. The number of H-pyrrole nitrogens is 1. The first kappa shape index (κ1) is 16.0. The van der Waals surface area contributed by atoms with Crippen molar-refractivity contribution in [1.29, 1.82) is 0 Å². The molecule has 0 aliphatic heterocycles. The Hall–Kier alpha value is -2.09. The van der Waals surface area contributed by atoms with Crippen LogP contribution in [0, 0.1) is 0 Å². The molecule has 8 nitrogen and oxygen atoms in total. The van der Waals surface area contributed by atoms with Crippen molar-refractivity contribution < 1.29 is 4.79 Å². The Morgan fingerprint density at radius 3 is 2.45 bits per heavy atom. The normalized spacial score (nSPS) is 10.8. The van der Waals surface area contributed by atoms with Gasteiger partial charge < -0.3 is 15.5 Å². The highest BCUT2D eigenvalue weighted by Gasteiger charge is 2.18. The van der Waals surface area contributed by atoms with Crippen LogP contribution in [0.5, 0.6) is 0 Å². The Morgan fingerprint density at radius 2 is 1.95 bits per heavy atom. The molecular weight excluding hydrogens is 262 g/mol. The summed E-state index contributed by atoms with van der Waals surface area (Å²) < 4.78 is 1.27. The lowest BCUT2D eigenvalue weighted by molar-refractivity contribution is -0.107. The molecule has 0 aliphatic carbocycles. The minimum absolute atomic E-state index is 0.0199. The SMILES string of the molecule is CCCn1c(N)c(N(C=O)CCN(C)C)c(=O)[nH]c1=O. The maximum absolute atomic E-state index is 11.9. The number of nitrogen functional groups attached to an aromatic ring is 1. The summed E-state index contributed by atoms with van der Waals surface area (Å²) in [5, 5.41) is 0. The zero-order valence-electron chi connectivity index (χ0n) is 12.0. The van der Waals surface area contributed by atoms with E-state index in [0.29, 0.717) is 32.5 Å². The van der Waals surface area contributed by atoms with Crippen molar-refractivity contribution in [3.05, 3.63) is 20.8 Å². The molecule has 112 valence electrons. The highest BCUT2D eigenvalue weighted by Crippen LogP contribution is 2.14. The monoisotopic (exact) mass is 283 g/mol. The largest absolute Gasteiger partial charge is 0.383 e. The summed E-state index contributed by atoms with van der Waals surface area (Å²) in [7, 11) is 3.71. The molecule has 0 atom stereocenters. The molecule has 0 bridgehead atoms. The van der Waals surface area contributed by atoms with Crippen molar-refractivity contribution in [2.24, 2.45) is 0 Å². The van der Waals surface area contributed by atoms with Crippen molar-refractivity contribution in [2.45, 2.75) is 19.9 Å². The van der Waals surface area contributed by atoms with Gasteiger partial charge in [0.1, 0.15) is 5.82 Å². The summed E-state index contributed by atoms with van der Waals surface area (Å²) in [6.45, 7) is 3.16. The molecule has 1 aromatic heterocycles. The number of rotatable bonds is 7. The van der Waals surface area contributed by atoms with Crippen LogP contribution in [-0.4, -0.2) is 48.0 Å². The predicted octanol–water partition coefficient (Wildman–Crippen LogP) is -0.947. The Balaban J connectivity index is 3.27. The van der Waals surface area contributed by atoms with Crippen LogP contribution in [-0.2, 0) is 11.3 Å². The fourth-order valence-corrected chi connectivity index (χ4v) is 1.83. The number of likely N-dealkylation sites (N-methyl/N-ethyl adjacent to an activating group) is 1. The minimum atomic E-state index is -0.647. The molecule has 0 unspecified atom stereocenters. The van der Waals surface area contributed by atoms with Crippen molar-refractivity contribution in [3.8, 4) is 0 Å². The molecule has 0 spiro atoms. The van der Waals surface area contributed by atoms with Crippen LogP contribution >= 0.6 is 0 Å². The second kappa shape index (κ2) is 6.90. The van der Waals surface area contributed by atoms with Gasteiger partial charge in [-0.1, -0.05) is 6.92 Å². The minimum Gasteiger partial charge on any atom is -0.383 e. The Kier molecular flexibility index (Phi) is 5.51. The van der Waals surface area contributed by atoms with Crippen LogP contribution in [0.25, 0.3) is 0 Å². The maximum atomic E-state index is 11.9. The third kappa shape index (κ3) is 3.47. The van der Waals surface area contributed by atoms with Gasteiger partial charge in [0.15, 0.2) is 5.69 Å². The van der Waals surface area contributed by atoms with Crippen molar-refractivity contribution in [3.63, 3.8) is 0 Å². The molecule has 8 heteroatoms. The lowest BCUT2D eigenvalue weighted by atomic mass is 10.3. The fourth-order valence-electron chi connectivity index (χ4n) is 1.83. The summed E-state index contributed by atoms with van der Waals surface area (Å²) in [5.41, 5.74) is 4.70. The van der Waals surface area contributed by atoms with Crippen LogP contribution in [0.4, 0.5) is 11.5 Å². The van der Waals surface area contributed by atoms with Gasteiger partial charge in [-0.05, 0) is 20.5 Å². The average Bonchev–Trinajstić information content (AvgIpc) is 2.37. The van der Waals surface area contributed by atoms with Gasteiger partial charge in [0, 0.05) is 19.6 Å². The number of nitrogens with two attached hydrogens (primary N) is 1. The first-order valence-corrected chi connectivity index (χ1v) is 6.41. The molecule has 3 N–H and O–H groups in total. The molecule has 0 saturated carbocycles. The Morgan fingerprint density at radius 1 is 1.30 bits per heavy atom. The summed E-state index contributed by atoms with van der Waals surface area (Å²) >= 11 is 0. The standard InChI is InChI=1S/C12H21N5O3/c1-4-5-17-10(13)9(11(19)14-12(17)20)16(8-18)7-6-15(2)3/h8H,4-7,13H2,1-3H3,(H,14,19,20). The van der Waals surface area contributed by atoms with E-state index in [2.05, 4.69) is 4.98 Å². The van der Waals surface area contributed by atoms with E-state index in [1.54, 1.807) is 0 Å². The van der Waals surface area contributed by atoms with Gasteiger partial charge >= 0.3 is 5.69 Å². The second-order valence-corrected chi connectivity index (χ2v) is 4.75. The van der Waals surface area contributed by atoms with E-state index < -0.39 is 11.2 Å². The number of hydrogen-bond acceptors (Lipinski definition) is 5. The first-order chi connectivity index (χ1) is 9.42. The van der Waals surface area contributed by atoms with Gasteiger partial charge in [0.05, 0.1) is 0 Å². The zero-order valence-corrected chi connectivity index (χ0v) is 12.0. The maximum Gasteiger partial charge on any atom is 0.330 e. The van der Waals surface area contributed by atoms with Gasteiger partial charge in [-0.25, -0.2) is 4.79 Å². The number of amides is 1.